The first-order valence-corrected chi connectivity index (χ1v) is 14.0. The van der Waals surface area contributed by atoms with Crippen molar-refractivity contribution >= 4 is 11.8 Å². The number of hydrogen-bond donors (Lipinski definition) is 0. The van der Waals surface area contributed by atoms with Gasteiger partial charge in [0.2, 0.25) is 0 Å². The van der Waals surface area contributed by atoms with Gasteiger partial charge >= 0.3 is 0 Å². The summed E-state index contributed by atoms with van der Waals surface area (Å²) in [5, 5.41) is 0. The third kappa shape index (κ3) is 5.69. The van der Waals surface area contributed by atoms with Gasteiger partial charge in [-0.05, 0) is 59.5 Å². The molecule has 2 aromatic carbocycles. The number of hydrogen-bond acceptors (Lipinski definition) is 6. The second-order valence-electron chi connectivity index (χ2n) is 10.3. The summed E-state index contributed by atoms with van der Waals surface area (Å²) in [5.74, 6) is 1.64. The molecule has 0 saturated carbocycles. The first-order chi connectivity index (χ1) is 20.1. The molecule has 4 aromatic rings. The lowest BCUT2D eigenvalue weighted by atomic mass is 9.87. The van der Waals surface area contributed by atoms with Crippen LogP contribution >= 0.6 is 0 Å². The quantitative estimate of drug-likeness (QED) is 0.281. The Morgan fingerprint density at radius 2 is 1.73 bits per heavy atom. The van der Waals surface area contributed by atoms with E-state index in [-0.39, 0.29) is 24.5 Å². The van der Waals surface area contributed by atoms with E-state index >= 15 is 0 Å². The molecule has 41 heavy (non-hydrogen) atoms. The Hall–Kier alpha value is -4.56. The Balaban J connectivity index is 1.17. The minimum atomic E-state index is -0.277. The molecule has 0 N–H and O–H groups in total. The standard InChI is InChI=1S/C33H33N3O5/c1-2-15-34-17-19-35(20-18-34)32(37)30-13-12-27(41-30)23-40-26-11-10-24-14-16-36(33(38)29-9-6-21-39-29)31(28(24)22-26)25-7-4-3-5-8-25/h2-13,21-22,31H,1,14-20,23H2. The second kappa shape index (κ2) is 11.9. The van der Waals surface area contributed by atoms with Crippen LogP contribution in [-0.2, 0) is 13.0 Å². The average molecular weight is 552 g/mol. The number of ether oxygens (including phenoxy) is 1. The van der Waals surface area contributed by atoms with E-state index in [1.54, 1.807) is 24.3 Å². The van der Waals surface area contributed by atoms with Gasteiger partial charge in [0, 0.05) is 39.3 Å². The molecule has 2 aromatic heterocycles. The van der Waals surface area contributed by atoms with Gasteiger partial charge in [-0.1, -0.05) is 42.5 Å². The van der Waals surface area contributed by atoms with Crippen molar-refractivity contribution in [3.63, 3.8) is 0 Å². The zero-order valence-corrected chi connectivity index (χ0v) is 22.9. The van der Waals surface area contributed by atoms with Crippen molar-refractivity contribution < 1.29 is 23.2 Å². The van der Waals surface area contributed by atoms with Crippen LogP contribution < -0.4 is 4.74 Å². The maximum atomic E-state index is 13.4. The normalized spacial score (nSPS) is 17.2. The van der Waals surface area contributed by atoms with Crippen LogP contribution in [0, 0.1) is 0 Å². The molecule has 1 fully saturated rings. The molecule has 4 heterocycles. The minimum absolute atomic E-state index is 0.102. The third-order valence-electron chi connectivity index (χ3n) is 7.75. The molecule has 2 amide bonds. The van der Waals surface area contributed by atoms with Crippen LogP contribution in [0.3, 0.4) is 0 Å². The van der Waals surface area contributed by atoms with Gasteiger partial charge in [-0.25, -0.2) is 0 Å². The molecule has 6 rings (SSSR count). The number of nitrogens with zero attached hydrogens (tertiary/aromatic N) is 3. The number of fused-ring (bicyclic) bond motifs is 1. The molecule has 1 unspecified atom stereocenters. The molecule has 0 aliphatic carbocycles. The number of carbonyl (C=O) groups excluding carboxylic acids is 2. The van der Waals surface area contributed by atoms with Crippen molar-refractivity contribution in [2.24, 2.45) is 0 Å². The number of piperazine rings is 1. The molecule has 1 saturated heterocycles. The number of carbonyl (C=O) groups is 2. The topological polar surface area (TPSA) is 79.4 Å². The first-order valence-electron chi connectivity index (χ1n) is 14.0. The molecular weight excluding hydrogens is 518 g/mol. The van der Waals surface area contributed by atoms with Crippen LogP contribution in [-0.4, -0.2) is 65.8 Å². The first kappa shape index (κ1) is 26.7. The van der Waals surface area contributed by atoms with E-state index in [0.29, 0.717) is 42.7 Å². The van der Waals surface area contributed by atoms with Gasteiger partial charge < -0.3 is 23.4 Å². The monoisotopic (exact) mass is 551 g/mol. The summed E-state index contributed by atoms with van der Waals surface area (Å²) in [4.78, 5) is 32.3. The second-order valence-corrected chi connectivity index (χ2v) is 10.3. The molecule has 0 radical (unpaired) electrons. The van der Waals surface area contributed by atoms with E-state index in [9.17, 15) is 9.59 Å². The van der Waals surface area contributed by atoms with Crippen LogP contribution in [0.25, 0.3) is 0 Å². The molecule has 2 aliphatic heterocycles. The van der Waals surface area contributed by atoms with Crippen LogP contribution in [0.4, 0.5) is 0 Å². The van der Waals surface area contributed by atoms with Gasteiger partial charge in [-0.15, -0.1) is 6.58 Å². The lowest BCUT2D eigenvalue weighted by molar-refractivity contribution is 0.0614. The highest BCUT2D eigenvalue weighted by molar-refractivity contribution is 5.92. The van der Waals surface area contributed by atoms with Gasteiger partial charge in [-0.3, -0.25) is 14.5 Å². The Kier molecular flexibility index (Phi) is 7.73. The highest BCUT2D eigenvalue weighted by Crippen LogP contribution is 2.38. The van der Waals surface area contributed by atoms with Gasteiger partial charge in [0.1, 0.15) is 18.1 Å². The van der Waals surface area contributed by atoms with Crippen LogP contribution in [0.2, 0.25) is 0 Å². The van der Waals surface area contributed by atoms with Crippen LogP contribution in [0.15, 0.2) is 101 Å². The zero-order valence-electron chi connectivity index (χ0n) is 22.9. The Bertz CT molecular complexity index is 1500. The highest BCUT2D eigenvalue weighted by atomic mass is 16.5. The maximum absolute atomic E-state index is 13.4. The third-order valence-corrected chi connectivity index (χ3v) is 7.75. The fourth-order valence-electron chi connectivity index (χ4n) is 5.64. The van der Waals surface area contributed by atoms with Crippen molar-refractivity contribution in [2.75, 3.05) is 39.3 Å². The highest BCUT2D eigenvalue weighted by Gasteiger charge is 2.34. The predicted molar refractivity (Wildman–Crippen MR) is 154 cm³/mol. The number of amides is 2. The van der Waals surface area contributed by atoms with Gasteiger partial charge in [-0.2, -0.15) is 0 Å². The SMILES string of the molecule is C=CCN1CCN(C(=O)c2ccc(COc3ccc4c(c3)C(c3ccccc3)N(C(=O)c3ccco3)CC4)o2)CC1. The molecule has 210 valence electrons. The fourth-order valence-corrected chi connectivity index (χ4v) is 5.64. The lowest BCUT2D eigenvalue weighted by Gasteiger charge is -2.37. The van der Waals surface area contributed by atoms with Gasteiger partial charge in [0.25, 0.3) is 11.8 Å². The van der Waals surface area contributed by atoms with E-state index < -0.39 is 0 Å². The number of rotatable bonds is 8. The molecule has 0 bridgehead atoms. The van der Waals surface area contributed by atoms with E-state index in [2.05, 4.69) is 17.5 Å². The van der Waals surface area contributed by atoms with Gasteiger partial charge in [0.15, 0.2) is 11.5 Å². The van der Waals surface area contributed by atoms with E-state index in [1.165, 1.54) is 11.8 Å². The lowest BCUT2D eigenvalue weighted by Crippen LogP contribution is -2.48. The molecule has 8 heteroatoms. The molecule has 1 atom stereocenters. The van der Waals surface area contributed by atoms with Crippen molar-refractivity contribution in [1.82, 2.24) is 14.7 Å². The van der Waals surface area contributed by atoms with Crippen LogP contribution in [0.1, 0.15) is 49.6 Å². The molecular formula is C33H33N3O5. The summed E-state index contributed by atoms with van der Waals surface area (Å²) in [6, 6.07) is 22.7. The Labute approximate surface area is 239 Å². The summed E-state index contributed by atoms with van der Waals surface area (Å²) in [6.45, 7) is 8.35. The predicted octanol–water partition coefficient (Wildman–Crippen LogP) is 5.18. The Morgan fingerprint density at radius 3 is 2.49 bits per heavy atom. The minimum Gasteiger partial charge on any atom is -0.486 e. The maximum Gasteiger partial charge on any atom is 0.290 e. The molecule has 2 aliphatic rings. The van der Waals surface area contributed by atoms with Crippen molar-refractivity contribution in [1.29, 1.82) is 0 Å². The molecule has 8 nitrogen and oxygen atoms in total. The van der Waals surface area contributed by atoms with Crippen LogP contribution in [0.5, 0.6) is 5.75 Å². The summed E-state index contributed by atoms with van der Waals surface area (Å²) in [6.07, 6.45) is 4.14. The summed E-state index contributed by atoms with van der Waals surface area (Å²) in [7, 11) is 0. The Morgan fingerprint density at radius 1 is 0.902 bits per heavy atom. The summed E-state index contributed by atoms with van der Waals surface area (Å²) < 4.78 is 17.5. The smallest absolute Gasteiger partial charge is 0.290 e. The number of furan rings is 2. The fraction of sp³-hybridized carbons (Fsp3) is 0.273. The largest absolute Gasteiger partial charge is 0.486 e. The van der Waals surface area contributed by atoms with E-state index in [1.807, 2.05) is 58.3 Å². The van der Waals surface area contributed by atoms with E-state index in [4.69, 9.17) is 13.6 Å². The van der Waals surface area contributed by atoms with Crippen molar-refractivity contribution in [3.05, 3.63) is 126 Å². The van der Waals surface area contributed by atoms with E-state index in [0.717, 1.165) is 37.2 Å². The zero-order chi connectivity index (χ0) is 28.2. The number of benzene rings is 2. The van der Waals surface area contributed by atoms with Crippen molar-refractivity contribution in [3.8, 4) is 5.75 Å². The average Bonchev–Trinajstić information content (AvgIpc) is 3.73. The molecule has 0 spiro atoms. The van der Waals surface area contributed by atoms with Gasteiger partial charge in [0.05, 0.1) is 12.3 Å². The summed E-state index contributed by atoms with van der Waals surface area (Å²) >= 11 is 0. The van der Waals surface area contributed by atoms with Crippen molar-refractivity contribution in [2.45, 2.75) is 19.1 Å². The summed E-state index contributed by atoms with van der Waals surface area (Å²) in [5.41, 5.74) is 3.21.